The molecule has 0 amide bonds. The Kier molecular flexibility index (Phi) is 5.61. The summed E-state index contributed by atoms with van der Waals surface area (Å²) < 4.78 is 16.4. The molecule has 9 nitrogen and oxygen atoms in total. The molecule has 0 aliphatic carbocycles. The minimum Gasteiger partial charge on any atom is -0.466 e. The van der Waals surface area contributed by atoms with Crippen molar-refractivity contribution < 1.29 is 28.7 Å². The molecule has 0 bridgehead atoms. The van der Waals surface area contributed by atoms with E-state index in [9.17, 15) is 19.7 Å². The lowest BCUT2D eigenvalue weighted by molar-refractivity contribution is -0.384. The first kappa shape index (κ1) is 20.8. The number of nitrogens with zero attached hydrogens (tertiary/aromatic N) is 2. The van der Waals surface area contributed by atoms with Gasteiger partial charge in [-0.05, 0) is 26.3 Å². The summed E-state index contributed by atoms with van der Waals surface area (Å²) in [6.45, 7) is 6.39. The molecule has 1 aromatic rings. The molecule has 0 unspecified atom stereocenters. The molecule has 3 rings (SSSR count). The number of nitro benzene ring substituents is 1. The number of allylic oxidation sites excluding steroid dienone is 1. The van der Waals surface area contributed by atoms with E-state index < -0.39 is 34.4 Å². The summed E-state index contributed by atoms with van der Waals surface area (Å²) >= 11 is 0. The monoisotopic (exact) mass is 404 g/mol. The van der Waals surface area contributed by atoms with E-state index in [1.807, 2.05) is 4.90 Å². The first-order valence-electron chi connectivity index (χ1n) is 9.37. The van der Waals surface area contributed by atoms with Crippen LogP contribution in [0, 0.1) is 16.0 Å². The maximum atomic E-state index is 13.1. The summed E-state index contributed by atoms with van der Waals surface area (Å²) in [6.07, 6.45) is 0. The molecule has 1 fully saturated rings. The molecule has 0 spiro atoms. The second kappa shape index (κ2) is 7.82. The zero-order valence-electron chi connectivity index (χ0n) is 16.8. The third kappa shape index (κ3) is 3.35. The quantitative estimate of drug-likeness (QED) is 0.418. The van der Waals surface area contributed by atoms with Gasteiger partial charge in [0.25, 0.3) is 5.69 Å². The van der Waals surface area contributed by atoms with E-state index >= 15 is 0 Å². The molecule has 2 aliphatic heterocycles. The van der Waals surface area contributed by atoms with Crippen molar-refractivity contribution in [2.75, 3.05) is 26.9 Å². The third-order valence-corrected chi connectivity index (χ3v) is 5.67. The SMILES string of the molecule is CCOC(=O)[C@H]1[C@H](c2ccc([N+](=O)[O-])cc2)C(C(=O)OC)=C(C)N2CCO[C@@]12C. The number of fused-ring (bicyclic) bond motifs is 1. The molecule has 3 atom stereocenters. The highest BCUT2D eigenvalue weighted by atomic mass is 16.6. The molecule has 0 radical (unpaired) electrons. The Morgan fingerprint density at radius 3 is 2.55 bits per heavy atom. The van der Waals surface area contributed by atoms with Gasteiger partial charge in [0, 0.05) is 30.3 Å². The van der Waals surface area contributed by atoms with Crippen molar-refractivity contribution in [1.82, 2.24) is 4.90 Å². The summed E-state index contributed by atoms with van der Waals surface area (Å²) in [5, 5.41) is 11.0. The topological polar surface area (TPSA) is 108 Å². The summed E-state index contributed by atoms with van der Waals surface area (Å²) in [6, 6.07) is 5.82. The normalized spacial score (nSPS) is 26.1. The Hall–Kier alpha value is -2.94. The lowest BCUT2D eigenvalue weighted by Crippen LogP contribution is -2.57. The number of hydrogen-bond donors (Lipinski definition) is 0. The molecule has 1 aromatic carbocycles. The van der Waals surface area contributed by atoms with Crippen LogP contribution in [0.4, 0.5) is 5.69 Å². The molecule has 29 heavy (non-hydrogen) atoms. The van der Waals surface area contributed by atoms with Crippen LogP contribution in [-0.2, 0) is 23.8 Å². The average Bonchev–Trinajstić information content (AvgIpc) is 3.10. The van der Waals surface area contributed by atoms with E-state index in [1.54, 1.807) is 32.9 Å². The zero-order valence-corrected chi connectivity index (χ0v) is 16.8. The summed E-state index contributed by atoms with van der Waals surface area (Å²) in [5.74, 6) is -2.65. The van der Waals surface area contributed by atoms with Gasteiger partial charge in [-0.1, -0.05) is 12.1 Å². The number of ether oxygens (including phenoxy) is 3. The van der Waals surface area contributed by atoms with Crippen molar-refractivity contribution in [3.8, 4) is 0 Å². The van der Waals surface area contributed by atoms with Gasteiger partial charge < -0.3 is 19.1 Å². The van der Waals surface area contributed by atoms with Crippen molar-refractivity contribution in [2.24, 2.45) is 5.92 Å². The number of hydrogen-bond acceptors (Lipinski definition) is 8. The van der Waals surface area contributed by atoms with Crippen LogP contribution in [0.3, 0.4) is 0 Å². The number of non-ortho nitro benzene ring substituents is 1. The van der Waals surface area contributed by atoms with Crippen LogP contribution in [0.5, 0.6) is 0 Å². The number of benzene rings is 1. The number of rotatable bonds is 5. The molecule has 0 aromatic heterocycles. The van der Waals surface area contributed by atoms with E-state index in [4.69, 9.17) is 14.2 Å². The second-order valence-electron chi connectivity index (χ2n) is 7.10. The minimum atomic E-state index is -1.01. The molecule has 1 saturated heterocycles. The van der Waals surface area contributed by atoms with Crippen LogP contribution >= 0.6 is 0 Å². The van der Waals surface area contributed by atoms with E-state index in [-0.39, 0.29) is 12.3 Å². The number of esters is 2. The maximum Gasteiger partial charge on any atom is 0.336 e. The van der Waals surface area contributed by atoms with Gasteiger partial charge in [0.05, 0.1) is 30.8 Å². The molecular weight excluding hydrogens is 380 g/mol. The van der Waals surface area contributed by atoms with E-state index in [0.29, 0.717) is 30.0 Å². The molecular formula is C20H24N2O7. The Labute approximate surface area is 168 Å². The lowest BCUT2D eigenvalue weighted by Gasteiger charge is -2.48. The van der Waals surface area contributed by atoms with E-state index in [1.165, 1.54) is 19.2 Å². The van der Waals surface area contributed by atoms with Gasteiger partial charge in [0.15, 0.2) is 5.72 Å². The fourth-order valence-electron chi connectivity index (χ4n) is 4.38. The third-order valence-electron chi connectivity index (χ3n) is 5.67. The number of carbonyl (C=O) groups excluding carboxylic acids is 2. The molecule has 2 aliphatic rings. The smallest absolute Gasteiger partial charge is 0.336 e. The van der Waals surface area contributed by atoms with Gasteiger partial charge in [-0.15, -0.1) is 0 Å². The van der Waals surface area contributed by atoms with Crippen LogP contribution in [0.2, 0.25) is 0 Å². The minimum absolute atomic E-state index is 0.0810. The van der Waals surface area contributed by atoms with Crippen LogP contribution < -0.4 is 0 Å². The average molecular weight is 404 g/mol. The lowest BCUT2D eigenvalue weighted by atomic mass is 9.71. The van der Waals surface area contributed by atoms with Gasteiger partial charge >= 0.3 is 11.9 Å². The molecule has 0 N–H and O–H groups in total. The Balaban J connectivity index is 2.23. The molecule has 2 heterocycles. The number of methoxy groups -OCH3 is 1. The van der Waals surface area contributed by atoms with E-state index in [0.717, 1.165) is 0 Å². The van der Waals surface area contributed by atoms with Crippen molar-refractivity contribution in [2.45, 2.75) is 32.4 Å². The van der Waals surface area contributed by atoms with Gasteiger partial charge in [-0.25, -0.2) is 4.79 Å². The predicted octanol–water partition coefficient (Wildman–Crippen LogP) is 2.37. The van der Waals surface area contributed by atoms with Gasteiger partial charge in [0.2, 0.25) is 0 Å². The fourth-order valence-corrected chi connectivity index (χ4v) is 4.38. The summed E-state index contributed by atoms with van der Waals surface area (Å²) in [7, 11) is 1.28. The van der Waals surface area contributed by atoms with Gasteiger partial charge in [-0.3, -0.25) is 14.9 Å². The Morgan fingerprint density at radius 1 is 1.34 bits per heavy atom. The van der Waals surface area contributed by atoms with Gasteiger partial charge in [0.1, 0.15) is 5.92 Å². The van der Waals surface area contributed by atoms with Crippen LogP contribution in [-0.4, -0.2) is 54.4 Å². The molecule has 156 valence electrons. The van der Waals surface area contributed by atoms with Crippen molar-refractivity contribution in [3.63, 3.8) is 0 Å². The van der Waals surface area contributed by atoms with Crippen LogP contribution in [0.1, 0.15) is 32.3 Å². The second-order valence-corrected chi connectivity index (χ2v) is 7.10. The fraction of sp³-hybridized carbons (Fsp3) is 0.500. The zero-order chi connectivity index (χ0) is 21.3. The number of carbonyl (C=O) groups is 2. The van der Waals surface area contributed by atoms with Crippen molar-refractivity contribution in [3.05, 3.63) is 51.2 Å². The maximum absolute atomic E-state index is 13.1. The van der Waals surface area contributed by atoms with Crippen LogP contribution in [0.15, 0.2) is 35.5 Å². The first-order chi connectivity index (χ1) is 13.8. The highest BCUT2D eigenvalue weighted by molar-refractivity contribution is 5.93. The highest BCUT2D eigenvalue weighted by Crippen LogP contribution is 2.51. The molecule has 0 saturated carbocycles. The first-order valence-corrected chi connectivity index (χ1v) is 9.37. The molecule has 9 heteroatoms. The predicted molar refractivity (Wildman–Crippen MR) is 102 cm³/mol. The van der Waals surface area contributed by atoms with Crippen molar-refractivity contribution in [1.29, 1.82) is 0 Å². The Morgan fingerprint density at radius 2 is 2.00 bits per heavy atom. The largest absolute Gasteiger partial charge is 0.466 e. The Bertz CT molecular complexity index is 864. The number of nitro groups is 1. The van der Waals surface area contributed by atoms with Crippen molar-refractivity contribution >= 4 is 17.6 Å². The summed E-state index contributed by atoms with van der Waals surface area (Å²) in [5.41, 5.74) is 0.454. The highest BCUT2D eigenvalue weighted by Gasteiger charge is 2.58. The van der Waals surface area contributed by atoms with E-state index in [2.05, 4.69) is 0 Å². The summed E-state index contributed by atoms with van der Waals surface area (Å²) in [4.78, 5) is 38.2. The van der Waals surface area contributed by atoms with Gasteiger partial charge in [-0.2, -0.15) is 0 Å². The standard InChI is InChI=1S/C20H24N2O7/c1-5-28-19(24)17-16(13-6-8-14(9-7-13)22(25)26)15(18(23)27-4)12(2)21-10-11-29-20(17,21)3/h6-9,16-17H,5,10-11H2,1-4H3/t16-,17-,20+/m1/s1. The van der Waals surface area contributed by atoms with Crippen LogP contribution in [0.25, 0.3) is 0 Å².